The van der Waals surface area contributed by atoms with Crippen LogP contribution in [0, 0.1) is 0 Å². The first-order valence-corrected chi connectivity index (χ1v) is 4.57. The maximum absolute atomic E-state index is 10.1. The van der Waals surface area contributed by atoms with Crippen LogP contribution in [0.15, 0.2) is 28.3 Å². The van der Waals surface area contributed by atoms with Gasteiger partial charge >= 0.3 is 0 Å². The van der Waals surface area contributed by atoms with E-state index in [0.29, 0.717) is 12.2 Å². The van der Waals surface area contributed by atoms with Gasteiger partial charge in [-0.25, -0.2) is 0 Å². The molecule has 0 bridgehead atoms. The third-order valence-electron chi connectivity index (χ3n) is 2.05. The number of aliphatic imine (C=N–C) groups is 1. The van der Waals surface area contributed by atoms with Gasteiger partial charge in [0.1, 0.15) is 5.84 Å². The van der Waals surface area contributed by atoms with Gasteiger partial charge in [0.2, 0.25) is 6.41 Å². The summed E-state index contributed by atoms with van der Waals surface area (Å²) in [6, 6.07) is 0. The van der Waals surface area contributed by atoms with E-state index in [-0.39, 0.29) is 0 Å². The Morgan fingerprint density at radius 2 is 2.43 bits per heavy atom. The number of amides is 1. The zero-order valence-electron chi connectivity index (χ0n) is 8.50. The highest BCUT2D eigenvalue weighted by Crippen LogP contribution is 2.16. The average Bonchev–Trinajstić information content (AvgIpc) is 2.19. The van der Waals surface area contributed by atoms with Gasteiger partial charge in [-0.2, -0.15) is 0 Å². The highest BCUT2D eigenvalue weighted by molar-refractivity contribution is 6.01. The Balaban J connectivity index is 2.70. The lowest BCUT2D eigenvalue weighted by Gasteiger charge is -2.13. The molecule has 0 saturated heterocycles. The first-order chi connectivity index (χ1) is 6.77. The van der Waals surface area contributed by atoms with Gasteiger partial charge in [-0.1, -0.05) is 17.7 Å². The topological polar surface area (TPSA) is 53.5 Å². The van der Waals surface area contributed by atoms with Gasteiger partial charge in [-0.15, -0.1) is 0 Å². The van der Waals surface area contributed by atoms with Gasteiger partial charge in [0.25, 0.3) is 0 Å². The Labute approximate surface area is 83.8 Å². The van der Waals surface area contributed by atoms with Gasteiger partial charge in [-0.3, -0.25) is 20.6 Å². The lowest BCUT2D eigenvalue weighted by molar-refractivity contribution is -0.110. The highest BCUT2D eigenvalue weighted by atomic mass is 16.1. The summed E-state index contributed by atoms with van der Waals surface area (Å²) < 4.78 is 0. The molecule has 0 fully saturated rings. The Morgan fingerprint density at radius 3 is 3.00 bits per heavy atom. The SMILES string of the molecule is CN=C(NNC=O)C1=CCCC(C)=C1. The minimum absolute atomic E-state index is 0.588. The second kappa shape index (κ2) is 5.21. The Bertz CT molecular complexity index is 302. The van der Waals surface area contributed by atoms with Crippen molar-refractivity contribution >= 4 is 12.2 Å². The summed E-state index contributed by atoms with van der Waals surface area (Å²) in [5.41, 5.74) is 7.47. The zero-order valence-corrected chi connectivity index (χ0v) is 8.50. The van der Waals surface area contributed by atoms with Crippen LogP contribution in [0.2, 0.25) is 0 Å². The summed E-state index contributed by atoms with van der Waals surface area (Å²) in [6.45, 7) is 2.09. The maximum atomic E-state index is 10.1. The zero-order chi connectivity index (χ0) is 10.4. The molecular formula is C10H15N3O. The van der Waals surface area contributed by atoms with E-state index in [9.17, 15) is 4.79 Å². The molecule has 1 aliphatic rings. The van der Waals surface area contributed by atoms with Crippen LogP contribution < -0.4 is 10.9 Å². The van der Waals surface area contributed by atoms with E-state index >= 15 is 0 Å². The number of amidine groups is 1. The molecule has 0 saturated carbocycles. The van der Waals surface area contributed by atoms with Crippen LogP contribution in [0.25, 0.3) is 0 Å². The summed E-state index contributed by atoms with van der Waals surface area (Å²) in [7, 11) is 1.69. The van der Waals surface area contributed by atoms with E-state index in [1.807, 2.05) is 0 Å². The number of allylic oxidation sites excluding steroid dienone is 2. The largest absolute Gasteiger partial charge is 0.282 e. The molecule has 0 atom stereocenters. The third-order valence-corrected chi connectivity index (χ3v) is 2.05. The lowest BCUT2D eigenvalue weighted by atomic mass is 10.0. The molecule has 1 rings (SSSR count). The van der Waals surface area contributed by atoms with E-state index in [0.717, 1.165) is 18.4 Å². The second-order valence-corrected chi connectivity index (χ2v) is 3.15. The van der Waals surface area contributed by atoms with Crippen molar-refractivity contribution in [2.24, 2.45) is 4.99 Å². The molecule has 0 spiro atoms. The van der Waals surface area contributed by atoms with E-state index in [4.69, 9.17) is 0 Å². The number of rotatable bonds is 3. The van der Waals surface area contributed by atoms with Crippen molar-refractivity contribution in [1.82, 2.24) is 10.9 Å². The van der Waals surface area contributed by atoms with Gasteiger partial charge in [0, 0.05) is 12.6 Å². The average molecular weight is 193 g/mol. The first-order valence-electron chi connectivity index (χ1n) is 4.57. The van der Waals surface area contributed by atoms with Crippen molar-refractivity contribution in [1.29, 1.82) is 0 Å². The number of hydrogen-bond acceptors (Lipinski definition) is 2. The van der Waals surface area contributed by atoms with Crippen molar-refractivity contribution in [3.63, 3.8) is 0 Å². The third kappa shape index (κ3) is 2.73. The quantitative estimate of drug-likeness (QED) is 0.303. The summed E-state index contributed by atoms with van der Waals surface area (Å²) in [6.07, 6.45) is 6.90. The molecule has 0 aromatic carbocycles. The Kier molecular flexibility index (Phi) is 3.91. The molecule has 0 unspecified atom stereocenters. The number of carbonyl (C=O) groups is 1. The molecule has 4 heteroatoms. The van der Waals surface area contributed by atoms with Crippen molar-refractivity contribution in [3.8, 4) is 0 Å². The van der Waals surface area contributed by atoms with Crippen LogP contribution in [0.3, 0.4) is 0 Å². The monoisotopic (exact) mass is 193 g/mol. The van der Waals surface area contributed by atoms with Gasteiger partial charge < -0.3 is 0 Å². The minimum Gasteiger partial charge on any atom is -0.282 e. The number of hydrazine groups is 1. The van der Waals surface area contributed by atoms with E-state index in [1.54, 1.807) is 7.05 Å². The fourth-order valence-corrected chi connectivity index (χ4v) is 1.37. The Hall–Kier alpha value is -1.58. The summed E-state index contributed by atoms with van der Waals surface area (Å²) >= 11 is 0. The summed E-state index contributed by atoms with van der Waals surface area (Å²) in [5, 5.41) is 0. The molecule has 0 radical (unpaired) electrons. The molecule has 1 aliphatic carbocycles. The van der Waals surface area contributed by atoms with Crippen LogP contribution in [0.5, 0.6) is 0 Å². The first kappa shape index (κ1) is 10.5. The number of nitrogens with one attached hydrogen (secondary N) is 2. The molecule has 1 amide bonds. The molecular weight excluding hydrogens is 178 g/mol. The van der Waals surface area contributed by atoms with Crippen molar-refractivity contribution in [2.75, 3.05) is 7.05 Å². The van der Waals surface area contributed by atoms with Crippen LogP contribution >= 0.6 is 0 Å². The molecule has 0 aromatic rings. The molecule has 2 N–H and O–H groups in total. The standard InChI is InChI=1S/C10H15N3O/c1-8-4-3-5-9(6-8)10(11-2)13-12-7-14/h5-7H,3-4H2,1-2H3,(H,11,13)(H,12,14). The molecule has 0 heterocycles. The maximum Gasteiger partial charge on any atom is 0.225 e. The van der Waals surface area contributed by atoms with Crippen molar-refractivity contribution in [2.45, 2.75) is 19.8 Å². The lowest BCUT2D eigenvalue weighted by Crippen LogP contribution is -2.37. The van der Waals surface area contributed by atoms with Crippen LogP contribution in [-0.2, 0) is 4.79 Å². The van der Waals surface area contributed by atoms with Gasteiger partial charge in [-0.05, 0) is 19.8 Å². The van der Waals surface area contributed by atoms with E-state index in [2.05, 4.69) is 34.9 Å². The second-order valence-electron chi connectivity index (χ2n) is 3.15. The summed E-state index contributed by atoms with van der Waals surface area (Å²) in [5.74, 6) is 0.691. The molecule has 14 heavy (non-hydrogen) atoms. The number of nitrogens with zero attached hydrogens (tertiary/aromatic N) is 1. The fraction of sp³-hybridized carbons (Fsp3) is 0.400. The predicted octanol–water partition coefficient (Wildman–Crippen LogP) is 0.932. The van der Waals surface area contributed by atoms with E-state index < -0.39 is 0 Å². The fourth-order valence-electron chi connectivity index (χ4n) is 1.37. The van der Waals surface area contributed by atoms with Gasteiger partial charge in [0.05, 0.1) is 0 Å². The van der Waals surface area contributed by atoms with Crippen molar-refractivity contribution < 1.29 is 4.79 Å². The predicted molar refractivity (Wildman–Crippen MR) is 56.8 cm³/mol. The molecule has 0 aromatic heterocycles. The van der Waals surface area contributed by atoms with Crippen LogP contribution in [-0.4, -0.2) is 19.3 Å². The van der Waals surface area contributed by atoms with Crippen molar-refractivity contribution in [3.05, 3.63) is 23.3 Å². The Morgan fingerprint density at radius 1 is 1.64 bits per heavy atom. The minimum atomic E-state index is 0.588. The smallest absolute Gasteiger partial charge is 0.225 e. The number of carbonyl (C=O) groups excluding carboxylic acids is 1. The van der Waals surface area contributed by atoms with Crippen LogP contribution in [0.4, 0.5) is 0 Å². The normalized spacial score (nSPS) is 16.9. The summed E-state index contributed by atoms with van der Waals surface area (Å²) in [4.78, 5) is 14.2. The highest BCUT2D eigenvalue weighted by Gasteiger charge is 2.07. The van der Waals surface area contributed by atoms with Crippen LogP contribution in [0.1, 0.15) is 19.8 Å². The molecule has 0 aliphatic heterocycles. The number of hydrogen-bond donors (Lipinski definition) is 2. The molecule has 4 nitrogen and oxygen atoms in total. The van der Waals surface area contributed by atoms with E-state index in [1.165, 1.54) is 5.57 Å². The van der Waals surface area contributed by atoms with Gasteiger partial charge in [0.15, 0.2) is 0 Å². The molecule has 76 valence electrons.